The molecule has 0 saturated carbocycles. The van der Waals surface area contributed by atoms with Gasteiger partial charge in [-0.1, -0.05) is 13.8 Å². The molecule has 1 fully saturated rings. The molecule has 0 aliphatic carbocycles. The second-order valence-electron chi connectivity index (χ2n) is 6.37. The van der Waals surface area contributed by atoms with E-state index in [1.54, 1.807) is 19.1 Å². The lowest BCUT2D eigenvalue weighted by molar-refractivity contribution is -0.115. The number of nitrogens with zero attached hydrogens (tertiary/aromatic N) is 1. The van der Waals surface area contributed by atoms with Gasteiger partial charge >= 0.3 is 0 Å². The van der Waals surface area contributed by atoms with E-state index in [-0.39, 0.29) is 10.8 Å². The molecule has 1 heterocycles. The van der Waals surface area contributed by atoms with Crippen molar-refractivity contribution >= 4 is 21.6 Å². The highest BCUT2D eigenvalue weighted by atomic mass is 32.2. The van der Waals surface area contributed by atoms with Gasteiger partial charge in [0.2, 0.25) is 15.9 Å². The van der Waals surface area contributed by atoms with E-state index in [2.05, 4.69) is 21.9 Å². The van der Waals surface area contributed by atoms with Crippen molar-refractivity contribution < 1.29 is 13.2 Å². The lowest BCUT2D eigenvalue weighted by Crippen LogP contribution is -2.40. The molecule has 24 heavy (non-hydrogen) atoms. The van der Waals surface area contributed by atoms with Crippen LogP contribution in [0.25, 0.3) is 0 Å². The molecule has 1 aromatic rings. The fourth-order valence-electron chi connectivity index (χ4n) is 2.88. The standard InChI is InChI=1S/C17H27N3O3S/c1-3-17(21)19-15-6-8-16(9-7-15)24(22,23)18-10-12-20-11-4-5-14(2)13-20/h6-9,14,18H,3-5,10-13H2,1-2H3,(H,19,21)/t14-/m0/s1. The molecule has 6 nitrogen and oxygen atoms in total. The van der Waals surface area contributed by atoms with Crippen molar-refractivity contribution in [3.8, 4) is 0 Å². The maximum absolute atomic E-state index is 12.3. The van der Waals surface area contributed by atoms with E-state index in [9.17, 15) is 13.2 Å². The van der Waals surface area contributed by atoms with Crippen LogP contribution in [0.15, 0.2) is 29.2 Å². The number of rotatable bonds is 7. The van der Waals surface area contributed by atoms with Crippen LogP contribution < -0.4 is 10.0 Å². The first-order valence-electron chi connectivity index (χ1n) is 8.52. The van der Waals surface area contributed by atoms with Crippen LogP contribution >= 0.6 is 0 Å². The first-order valence-corrected chi connectivity index (χ1v) is 10.0. The Bertz CT molecular complexity index is 644. The number of hydrogen-bond donors (Lipinski definition) is 2. The lowest BCUT2D eigenvalue weighted by Gasteiger charge is -2.30. The van der Waals surface area contributed by atoms with Gasteiger partial charge in [-0.05, 0) is 49.6 Å². The van der Waals surface area contributed by atoms with Crippen LogP contribution in [0, 0.1) is 5.92 Å². The van der Waals surface area contributed by atoms with E-state index in [1.165, 1.54) is 25.0 Å². The molecule has 1 aliphatic rings. The molecule has 2 rings (SSSR count). The van der Waals surface area contributed by atoms with Gasteiger partial charge in [0.1, 0.15) is 0 Å². The van der Waals surface area contributed by atoms with Crippen LogP contribution in [-0.4, -0.2) is 45.4 Å². The Kier molecular flexibility index (Phi) is 6.77. The third-order valence-electron chi connectivity index (χ3n) is 4.23. The second kappa shape index (κ2) is 8.60. The highest BCUT2D eigenvalue weighted by molar-refractivity contribution is 7.89. The lowest BCUT2D eigenvalue weighted by atomic mass is 10.0. The molecule has 1 atom stereocenters. The number of benzene rings is 1. The number of nitrogens with one attached hydrogen (secondary N) is 2. The van der Waals surface area contributed by atoms with Crippen molar-refractivity contribution in [1.82, 2.24) is 9.62 Å². The zero-order chi connectivity index (χ0) is 17.6. The average Bonchev–Trinajstić information content (AvgIpc) is 2.55. The smallest absolute Gasteiger partial charge is 0.240 e. The third-order valence-corrected chi connectivity index (χ3v) is 5.71. The number of anilines is 1. The van der Waals surface area contributed by atoms with Gasteiger partial charge in [-0.2, -0.15) is 0 Å². The Morgan fingerprint density at radius 3 is 2.62 bits per heavy atom. The summed E-state index contributed by atoms with van der Waals surface area (Å²) in [6.07, 6.45) is 2.82. The van der Waals surface area contributed by atoms with Gasteiger partial charge in [0, 0.05) is 31.7 Å². The van der Waals surface area contributed by atoms with Gasteiger partial charge in [0.15, 0.2) is 0 Å². The van der Waals surface area contributed by atoms with Crippen LogP contribution in [0.3, 0.4) is 0 Å². The van der Waals surface area contributed by atoms with Crippen molar-refractivity contribution in [2.24, 2.45) is 5.92 Å². The molecule has 7 heteroatoms. The van der Waals surface area contributed by atoms with Crippen molar-refractivity contribution in [3.05, 3.63) is 24.3 Å². The third kappa shape index (κ3) is 5.58. The van der Waals surface area contributed by atoms with Crippen LogP contribution in [0.4, 0.5) is 5.69 Å². The molecule has 1 amide bonds. The molecule has 0 spiro atoms. The highest BCUT2D eigenvalue weighted by Crippen LogP contribution is 2.16. The van der Waals surface area contributed by atoms with Gasteiger partial charge in [-0.25, -0.2) is 13.1 Å². The fraction of sp³-hybridized carbons (Fsp3) is 0.588. The average molecular weight is 353 g/mol. The van der Waals surface area contributed by atoms with E-state index < -0.39 is 10.0 Å². The normalized spacial score (nSPS) is 19.2. The predicted molar refractivity (Wildman–Crippen MR) is 95.4 cm³/mol. The summed E-state index contributed by atoms with van der Waals surface area (Å²) in [4.78, 5) is 13.8. The van der Waals surface area contributed by atoms with Crippen molar-refractivity contribution in [3.63, 3.8) is 0 Å². The number of sulfonamides is 1. The van der Waals surface area contributed by atoms with Crippen molar-refractivity contribution in [2.75, 3.05) is 31.5 Å². The number of carbonyl (C=O) groups is 1. The van der Waals surface area contributed by atoms with Crippen LogP contribution in [0.1, 0.15) is 33.1 Å². The van der Waals surface area contributed by atoms with E-state index in [4.69, 9.17) is 0 Å². The molecular weight excluding hydrogens is 326 g/mol. The monoisotopic (exact) mass is 353 g/mol. The minimum absolute atomic E-state index is 0.0977. The van der Waals surface area contributed by atoms with Crippen LogP contribution in [0.5, 0.6) is 0 Å². The minimum Gasteiger partial charge on any atom is -0.326 e. The summed E-state index contributed by atoms with van der Waals surface area (Å²) in [5.41, 5.74) is 0.600. The van der Waals surface area contributed by atoms with E-state index in [1.807, 2.05) is 0 Å². The van der Waals surface area contributed by atoms with E-state index in [0.29, 0.717) is 24.6 Å². The van der Waals surface area contributed by atoms with Crippen molar-refractivity contribution in [1.29, 1.82) is 0 Å². The van der Waals surface area contributed by atoms with Gasteiger partial charge in [0.25, 0.3) is 0 Å². The largest absolute Gasteiger partial charge is 0.326 e. The Labute approximate surface area is 144 Å². The number of likely N-dealkylation sites (tertiary alicyclic amines) is 1. The first-order chi connectivity index (χ1) is 11.4. The molecule has 0 bridgehead atoms. The highest BCUT2D eigenvalue weighted by Gasteiger charge is 2.18. The first kappa shape index (κ1) is 18.9. The molecule has 0 unspecified atom stereocenters. The summed E-state index contributed by atoms with van der Waals surface area (Å²) in [5.74, 6) is 0.584. The number of hydrogen-bond acceptors (Lipinski definition) is 4. The molecule has 2 N–H and O–H groups in total. The summed E-state index contributed by atoms with van der Waals surface area (Å²) < 4.78 is 27.3. The molecular formula is C17H27N3O3S. The Morgan fingerprint density at radius 1 is 1.29 bits per heavy atom. The summed E-state index contributed by atoms with van der Waals surface area (Å²) in [5, 5.41) is 2.70. The quantitative estimate of drug-likeness (QED) is 0.786. The molecule has 1 aliphatic heterocycles. The Morgan fingerprint density at radius 2 is 2.00 bits per heavy atom. The molecule has 134 valence electrons. The van der Waals surface area contributed by atoms with Crippen LogP contribution in [-0.2, 0) is 14.8 Å². The van der Waals surface area contributed by atoms with Crippen molar-refractivity contribution in [2.45, 2.75) is 38.0 Å². The maximum Gasteiger partial charge on any atom is 0.240 e. The fourth-order valence-corrected chi connectivity index (χ4v) is 3.90. The van der Waals surface area contributed by atoms with Gasteiger partial charge < -0.3 is 10.2 Å². The zero-order valence-corrected chi connectivity index (χ0v) is 15.2. The molecule has 1 aromatic carbocycles. The molecule has 0 radical (unpaired) electrons. The summed E-state index contributed by atoms with van der Waals surface area (Å²) in [6.45, 7) is 7.21. The zero-order valence-electron chi connectivity index (χ0n) is 14.4. The minimum atomic E-state index is -3.51. The van der Waals surface area contributed by atoms with E-state index >= 15 is 0 Å². The number of carbonyl (C=O) groups excluding carboxylic acids is 1. The topological polar surface area (TPSA) is 78.5 Å². The maximum atomic E-state index is 12.3. The summed E-state index contributed by atoms with van der Waals surface area (Å²) in [7, 11) is -3.51. The van der Waals surface area contributed by atoms with Gasteiger partial charge in [-0.15, -0.1) is 0 Å². The second-order valence-corrected chi connectivity index (χ2v) is 8.14. The molecule has 1 saturated heterocycles. The number of amides is 1. The SMILES string of the molecule is CCC(=O)Nc1ccc(S(=O)(=O)NCCN2CCC[C@H](C)C2)cc1. The Hall–Kier alpha value is -1.44. The predicted octanol–water partition coefficient (Wildman–Crippen LogP) is 2.05. The summed E-state index contributed by atoms with van der Waals surface area (Å²) in [6, 6.07) is 6.23. The van der Waals surface area contributed by atoms with Crippen LogP contribution in [0.2, 0.25) is 0 Å². The van der Waals surface area contributed by atoms with E-state index in [0.717, 1.165) is 19.6 Å². The van der Waals surface area contributed by atoms with Gasteiger partial charge in [0.05, 0.1) is 4.90 Å². The summed E-state index contributed by atoms with van der Waals surface area (Å²) >= 11 is 0. The van der Waals surface area contributed by atoms with Gasteiger partial charge in [-0.3, -0.25) is 4.79 Å². The Balaban J connectivity index is 1.86. The number of piperidine rings is 1. The molecule has 0 aromatic heterocycles.